The first-order chi connectivity index (χ1) is 10.2. The topological polar surface area (TPSA) is 47.6 Å². The third kappa shape index (κ3) is 3.76. The van der Waals surface area contributed by atoms with Crippen LogP contribution in [0.5, 0.6) is 11.5 Å². The number of carbonyl (C=O) groups excluding carboxylic acids is 1. The van der Waals surface area contributed by atoms with Crippen LogP contribution >= 0.6 is 15.9 Å². The van der Waals surface area contributed by atoms with Crippen molar-refractivity contribution in [2.45, 2.75) is 6.54 Å². The maximum atomic E-state index is 12.3. The van der Waals surface area contributed by atoms with Crippen molar-refractivity contribution in [3.8, 4) is 11.5 Å². The van der Waals surface area contributed by atoms with Gasteiger partial charge in [0.25, 0.3) is 5.91 Å². The molecule has 0 atom stereocenters. The Kier molecular flexibility index (Phi) is 5.22. The highest BCUT2D eigenvalue weighted by Crippen LogP contribution is 2.26. The highest BCUT2D eigenvalue weighted by Gasteiger charge is 2.15. The van der Waals surface area contributed by atoms with Crippen molar-refractivity contribution in [1.82, 2.24) is 5.32 Å². The molecule has 0 saturated heterocycles. The summed E-state index contributed by atoms with van der Waals surface area (Å²) in [6, 6.07) is 12.9. The highest BCUT2D eigenvalue weighted by atomic mass is 79.9. The van der Waals surface area contributed by atoms with Crippen LogP contribution in [0.25, 0.3) is 0 Å². The van der Waals surface area contributed by atoms with E-state index < -0.39 is 0 Å². The van der Waals surface area contributed by atoms with Crippen molar-refractivity contribution in [2.75, 3.05) is 14.2 Å². The van der Waals surface area contributed by atoms with Crippen LogP contribution in [0.1, 0.15) is 15.9 Å². The van der Waals surface area contributed by atoms with E-state index in [1.807, 2.05) is 36.4 Å². The van der Waals surface area contributed by atoms with Gasteiger partial charge in [-0.1, -0.05) is 18.2 Å². The summed E-state index contributed by atoms with van der Waals surface area (Å²) < 4.78 is 11.0. The Morgan fingerprint density at radius 2 is 1.81 bits per heavy atom. The number of nitrogens with one attached hydrogen (secondary N) is 1. The summed E-state index contributed by atoms with van der Waals surface area (Å²) in [7, 11) is 3.16. The number of rotatable bonds is 5. The molecule has 0 aliphatic carbocycles. The molecule has 0 radical (unpaired) electrons. The van der Waals surface area contributed by atoms with E-state index in [2.05, 4.69) is 21.2 Å². The normalized spacial score (nSPS) is 10.0. The first kappa shape index (κ1) is 15.4. The van der Waals surface area contributed by atoms with Crippen molar-refractivity contribution in [2.24, 2.45) is 0 Å². The van der Waals surface area contributed by atoms with Gasteiger partial charge in [-0.3, -0.25) is 4.79 Å². The quantitative estimate of drug-likeness (QED) is 0.899. The SMILES string of the molecule is COc1ccc(CNC(=O)c2c(Br)cccc2OC)cc1. The zero-order valence-corrected chi connectivity index (χ0v) is 13.4. The zero-order valence-electron chi connectivity index (χ0n) is 11.9. The second-order valence-corrected chi connectivity index (χ2v) is 5.20. The molecule has 0 spiro atoms. The number of amides is 1. The fraction of sp³-hybridized carbons (Fsp3) is 0.188. The Bertz CT molecular complexity index is 626. The van der Waals surface area contributed by atoms with Crippen LogP contribution in [0.2, 0.25) is 0 Å². The van der Waals surface area contributed by atoms with Crippen molar-refractivity contribution in [3.63, 3.8) is 0 Å². The third-order valence-corrected chi connectivity index (χ3v) is 3.70. The Balaban J connectivity index is 2.08. The molecule has 5 heteroatoms. The highest BCUT2D eigenvalue weighted by molar-refractivity contribution is 9.10. The molecule has 1 N–H and O–H groups in total. The lowest BCUT2D eigenvalue weighted by atomic mass is 10.1. The largest absolute Gasteiger partial charge is 0.497 e. The Hall–Kier alpha value is -2.01. The number of methoxy groups -OCH3 is 2. The molecule has 0 fully saturated rings. The first-order valence-corrected chi connectivity index (χ1v) is 7.18. The molecule has 1 amide bonds. The number of hydrogen-bond acceptors (Lipinski definition) is 3. The van der Waals surface area contributed by atoms with Crippen molar-refractivity contribution >= 4 is 21.8 Å². The molecule has 0 unspecified atom stereocenters. The summed E-state index contributed by atoms with van der Waals surface area (Å²) in [5.41, 5.74) is 1.49. The number of halogens is 1. The molecule has 0 aliphatic heterocycles. The van der Waals surface area contributed by atoms with Gasteiger partial charge in [0, 0.05) is 11.0 Å². The molecule has 4 nitrogen and oxygen atoms in total. The van der Waals surface area contributed by atoms with Crippen LogP contribution in [-0.2, 0) is 6.54 Å². The zero-order chi connectivity index (χ0) is 15.2. The van der Waals surface area contributed by atoms with Gasteiger partial charge in [0.15, 0.2) is 0 Å². The number of carbonyl (C=O) groups is 1. The molecular weight excluding hydrogens is 334 g/mol. The Morgan fingerprint density at radius 1 is 1.10 bits per heavy atom. The van der Waals surface area contributed by atoms with Crippen LogP contribution < -0.4 is 14.8 Å². The maximum absolute atomic E-state index is 12.3. The average Bonchev–Trinajstić information content (AvgIpc) is 2.52. The predicted molar refractivity (Wildman–Crippen MR) is 84.9 cm³/mol. The number of hydrogen-bond donors (Lipinski definition) is 1. The molecule has 0 saturated carbocycles. The average molecular weight is 350 g/mol. The van der Waals surface area contributed by atoms with Crippen LogP contribution in [0.4, 0.5) is 0 Å². The van der Waals surface area contributed by atoms with Crippen LogP contribution in [-0.4, -0.2) is 20.1 Å². The van der Waals surface area contributed by atoms with E-state index in [1.165, 1.54) is 0 Å². The first-order valence-electron chi connectivity index (χ1n) is 6.39. The standard InChI is InChI=1S/C16H16BrNO3/c1-20-12-8-6-11(7-9-12)10-18-16(19)15-13(17)4-3-5-14(15)21-2/h3-9H,10H2,1-2H3,(H,18,19). The Labute approximate surface area is 132 Å². The molecule has 2 aromatic carbocycles. The van der Waals surface area contributed by atoms with E-state index in [0.717, 1.165) is 11.3 Å². The number of ether oxygens (including phenoxy) is 2. The van der Waals surface area contributed by atoms with Gasteiger partial charge >= 0.3 is 0 Å². The summed E-state index contributed by atoms with van der Waals surface area (Å²) in [6.45, 7) is 0.438. The van der Waals surface area contributed by atoms with E-state index in [0.29, 0.717) is 22.3 Å². The van der Waals surface area contributed by atoms with Crippen LogP contribution in [0.15, 0.2) is 46.9 Å². The van der Waals surface area contributed by atoms with Crippen molar-refractivity contribution in [3.05, 3.63) is 58.1 Å². The fourth-order valence-corrected chi connectivity index (χ4v) is 2.44. The van der Waals surface area contributed by atoms with E-state index in [9.17, 15) is 4.79 Å². The molecule has 0 aromatic heterocycles. The Morgan fingerprint density at radius 3 is 2.43 bits per heavy atom. The van der Waals surface area contributed by atoms with Crippen LogP contribution in [0, 0.1) is 0 Å². The van der Waals surface area contributed by atoms with Gasteiger partial charge < -0.3 is 14.8 Å². The second-order valence-electron chi connectivity index (χ2n) is 4.35. The van der Waals surface area contributed by atoms with Crippen molar-refractivity contribution in [1.29, 1.82) is 0 Å². The smallest absolute Gasteiger partial charge is 0.256 e. The lowest BCUT2D eigenvalue weighted by Crippen LogP contribution is -2.23. The third-order valence-electron chi connectivity index (χ3n) is 3.03. The molecule has 110 valence electrons. The van der Waals surface area contributed by atoms with Gasteiger partial charge in [0.1, 0.15) is 11.5 Å². The molecule has 2 rings (SSSR count). The van der Waals surface area contributed by atoms with Gasteiger partial charge in [-0.05, 0) is 45.8 Å². The van der Waals surface area contributed by atoms with Gasteiger partial charge in [-0.15, -0.1) is 0 Å². The van der Waals surface area contributed by atoms with E-state index >= 15 is 0 Å². The predicted octanol–water partition coefficient (Wildman–Crippen LogP) is 3.40. The van der Waals surface area contributed by atoms with E-state index in [1.54, 1.807) is 20.3 Å². The van der Waals surface area contributed by atoms with Crippen molar-refractivity contribution < 1.29 is 14.3 Å². The fourth-order valence-electron chi connectivity index (χ4n) is 1.91. The van der Waals surface area contributed by atoms with Gasteiger partial charge in [0.2, 0.25) is 0 Å². The molecule has 2 aromatic rings. The summed E-state index contributed by atoms with van der Waals surface area (Å²) in [5.74, 6) is 1.14. The summed E-state index contributed by atoms with van der Waals surface area (Å²) in [6.07, 6.45) is 0. The van der Waals surface area contributed by atoms with Gasteiger partial charge in [-0.2, -0.15) is 0 Å². The molecule has 0 bridgehead atoms. The van der Waals surface area contributed by atoms with E-state index in [-0.39, 0.29) is 5.91 Å². The lowest BCUT2D eigenvalue weighted by molar-refractivity contribution is 0.0947. The summed E-state index contributed by atoms with van der Waals surface area (Å²) >= 11 is 3.38. The monoisotopic (exact) mass is 349 g/mol. The lowest BCUT2D eigenvalue weighted by Gasteiger charge is -2.11. The molecule has 21 heavy (non-hydrogen) atoms. The van der Waals surface area contributed by atoms with Gasteiger partial charge in [0.05, 0.1) is 19.8 Å². The van der Waals surface area contributed by atoms with Gasteiger partial charge in [-0.25, -0.2) is 0 Å². The number of benzene rings is 2. The minimum absolute atomic E-state index is 0.185. The minimum Gasteiger partial charge on any atom is -0.497 e. The molecule has 0 aliphatic rings. The summed E-state index contributed by atoms with van der Waals surface area (Å²) in [4.78, 5) is 12.3. The van der Waals surface area contributed by atoms with Crippen LogP contribution in [0.3, 0.4) is 0 Å². The second kappa shape index (κ2) is 7.13. The van der Waals surface area contributed by atoms with E-state index in [4.69, 9.17) is 9.47 Å². The minimum atomic E-state index is -0.185. The summed E-state index contributed by atoms with van der Waals surface area (Å²) in [5, 5.41) is 2.88. The molecule has 0 heterocycles. The molecular formula is C16H16BrNO3. The maximum Gasteiger partial charge on any atom is 0.256 e.